The van der Waals surface area contributed by atoms with Crippen LogP contribution in [0.5, 0.6) is 0 Å². The smallest absolute Gasteiger partial charge is 0.0672 e. The van der Waals surface area contributed by atoms with Crippen LogP contribution in [-0.2, 0) is 0 Å². The van der Waals surface area contributed by atoms with Crippen LogP contribution in [0.1, 0.15) is 45.1 Å². The van der Waals surface area contributed by atoms with E-state index < -0.39 is 0 Å². The topological polar surface area (TPSA) is 29.9 Å². The van der Waals surface area contributed by atoms with Gasteiger partial charge in [-0.1, -0.05) is 26.2 Å². The van der Waals surface area contributed by atoms with Crippen molar-refractivity contribution in [3.63, 3.8) is 0 Å². The fourth-order valence-corrected chi connectivity index (χ4v) is 2.58. The van der Waals surface area contributed by atoms with Gasteiger partial charge in [0, 0.05) is 18.4 Å². The third-order valence-electron chi connectivity index (χ3n) is 3.31. The summed E-state index contributed by atoms with van der Waals surface area (Å²) in [5.41, 5.74) is 0. The van der Waals surface area contributed by atoms with Gasteiger partial charge in [-0.05, 0) is 25.5 Å². The van der Waals surface area contributed by atoms with Crippen molar-refractivity contribution in [2.75, 3.05) is 6.54 Å². The Labute approximate surface area is 91.9 Å². The fraction of sp³-hybridized carbons (Fsp3) is 0.750. The van der Waals surface area contributed by atoms with Crippen molar-refractivity contribution in [1.82, 2.24) is 15.1 Å². The summed E-state index contributed by atoms with van der Waals surface area (Å²) in [5.74, 6) is 0. The molecule has 0 aliphatic heterocycles. The number of nitrogens with one attached hydrogen (secondary N) is 1. The van der Waals surface area contributed by atoms with Crippen molar-refractivity contribution < 1.29 is 0 Å². The molecule has 2 rings (SSSR count). The maximum atomic E-state index is 4.39. The van der Waals surface area contributed by atoms with Crippen LogP contribution in [0.4, 0.5) is 0 Å². The Morgan fingerprint density at radius 2 is 2.20 bits per heavy atom. The van der Waals surface area contributed by atoms with E-state index in [0.29, 0.717) is 12.1 Å². The molecule has 1 heterocycles. The van der Waals surface area contributed by atoms with Crippen LogP contribution < -0.4 is 5.32 Å². The van der Waals surface area contributed by atoms with Gasteiger partial charge in [0.15, 0.2) is 0 Å². The largest absolute Gasteiger partial charge is 0.312 e. The summed E-state index contributed by atoms with van der Waals surface area (Å²) >= 11 is 0. The second-order valence-corrected chi connectivity index (χ2v) is 4.36. The van der Waals surface area contributed by atoms with Crippen molar-refractivity contribution in [1.29, 1.82) is 0 Å². The predicted octanol–water partition coefficient (Wildman–Crippen LogP) is 2.37. The van der Waals surface area contributed by atoms with E-state index in [1.54, 1.807) is 0 Å². The first-order chi connectivity index (χ1) is 7.42. The van der Waals surface area contributed by atoms with Gasteiger partial charge in [-0.2, -0.15) is 5.10 Å². The lowest BCUT2D eigenvalue weighted by molar-refractivity contribution is 0.313. The molecule has 0 saturated heterocycles. The molecule has 1 saturated carbocycles. The average Bonchev–Trinajstić information content (AvgIpc) is 2.67. The van der Waals surface area contributed by atoms with Crippen molar-refractivity contribution >= 4 is 0 Å². The van der Waals surface area contributed by atoms with Gasteiger partial charge in [-0.25, -0.2) is 0 Å². The minimum atomic E-state index is 0.558. The average molecular weight is 207 g/mol. The highest BCUT2D eigenvalue weighted by Gasteiger charge is 2.24. The third kappa shape index (κ3) is 2.59. The fourth-order valence-electron chi connectivity index (χ4n) is 2.58. The summed E-state index contributed by atoms with van der Waals surface area (Å²) < 4.78 is 2.14. The van der Waals surface area contributed by atoms with E-state index in [1.807, 2.05) is 12.3 Å². The molecule has 1 aliphatic carbocycles. The molecule has 3 nitrogen and oxygen atoms in total. The van der Waals surface area contributed by atoms with E-state index in [9.17, 15) is 0 Å². The van der Waals surface area contributed by atoms with E-state index in [2.05, 4.69) is 28.2 Å². The number of rotatable bonds is 3. The number of likely N-dealkylation sites (N-methyl/N-ethyl adjacent to an activating group) is 1. The zero-order chi connectivity index (χ0) is 10.5. The standard InChI is InChI=1S/C12H21N3/c1-2-13-11-7-4-3-5-8-12(11)15-10-6-9-14-15/h6,9-13H,2-5,7-8H2,1H3. The Morgan fingerprint density at radius 1 is 1.33 bits per heavy atom. The van der Waals surface area contributed by atoms with Gasteiger partial charge in [0.2, 0.25) is 0 Å². The summed E-state index contributed by atoms with van der Waals surface area (Å²) in [6.45, 7) is 3.24. The van der Waals surface area contributed by atoms with Gasteiger partial charge in [-0.3, -0.25) is 4.68 Å². The van der Waals surface area contributed by atoms with Crippen molar-refractivity contribution in [2.24, 2.45) is 0 Å². The van der Waals surface area contributed by atoms with E-state index >= 15 is 0 Å². The van der Waals surface area contributed by atoms with E-state index in [-0.39, 0.29) is 0 Å². The van der Waals surface area contributed by atoms with Crippen LogP contribution >= 0.6 is 0 Å². The van der Waals surface area contributed by atoms with Crippen molar-refractivity contribution in [3.8, 4) is 0 Å². The molecular formula is C12H21N3. The van der Waals surface area contributed by atoms with Crippen LogP contribution in [-0.4, -0.2) is 22.4 Å². The first-order valence-corrected chi connectivity index (χ1v) is 6.14. The zero-order valence-electron chi connectivity index (χ0n) is 9.52. The summed E-state index contributed by atoms with van der Waals surface area (Å²) in [7, 11) is 0. The Morgan fingerprint density at radius 3 is 2.93 bits per heavy atom. The first-order valence-electron chi connectivity index (χ1n) is 6.14. The first kappa shape index (κ1) is 10.7. The molecule has 0 spiro atoms. The highest BCUT2D eigenvalue weighted by atomic mass is 15.3. The Bertz CT molecular complexity index is 268. The van der Waals surface area contributed by atoms with Crippen LogP contribution in [0, 0.1) is 0 Å². The summed E-state index contributed by atoms with van der Waals surface area (Å²) in [5, 5.41) is 7.99. The maximum absolute atomic E-state index is 4.39. The van der Waals surface area contributed by atoms with E-state index in [0.717, 1.165) is 6.54 Å². The van der Waals surface area contributed by atoms with Crippen LogP contribution in [0.3, 0.4) is 0 Å². The van der Waals surface area contributed by atoms with E-state index in [1.165, 1.54) is 32.1 Å². The summed E-state index contributed by atoms with van der Waals surface area (Å²) in [6, 6.07) is 3.19. The molecule has 0 bridgehead atoms. The molecule has 0 amide bonds. The Kier molecular flexibility index (Phi) is 3.78. The predicted molar refractivity (Wildman–Crippen MR) is 61.8 cm³/mol. The highest BCUT2D eigenvalue weighted by Crippen LogP contribution is 2.26. The third-order valence-corrected chi connectivity index (χ3v) is 3.31. The lowest BCUT2D eigenvalue weighted by Crippen LogP contribution is -2.37. The highest BCUT2D eigenvalue weighted by molar-refractivity contribution is 4.88. The molecule has 1 aromatic heterocycles. The van der Waals surface area contributed by atoms with Gasteiger partial charge in [-0.15, -0.1) is 0 Å². The van der Waals surface area contributed by atoms with Gasteiger partial charge >= 0.3 is 0 Å². The molecule has 15 heavy (non-hydrogen) atoms. The van der Waals surface area contributed by atoms with Crippen molar-refractivity contribution in [2.45, 2.75) is 51.1 Å². The molecular weight excluding hydrogens is 186 g/mol. The number of hydrogen-bond acceptors (Lipinski definition) is 2. The van der Waals surface area contributed by atoms with Gasteiger partial charge < -0.3 is 5.32 Å². The quantitative estimate of drug-likeness (QED) is 0.771. The molecule has 1 N–H and O–H groups in total. The van der Waals surface area contributed by atoms with Crippen LogP contribution in [0.15, 0.2) is 18.5 Å². The van der Waals surface area contributed by atoms with Crippen LogP contribution in [0.2, 0.25) is 0 Å². The molecule has 1 aliphatic rings. The van der Waals surface area contributed by atoms with Gasteiger partial charge in [0.25, 0.3) is 0 Å². The zero-order valence-corrected chi connectivity index (χ0v) is 9.52. The molecule has 2 atom stereocenters. The lowest BCUT2D eigenvalue weighted by Gasteiger charge is -2.26. The SMILES string of the molecule is CCNC1CCCCCC1n1cccn1. The second kappa shape index (κ2) is 5.31. The van der Waals surface area contributed by atoms with Crippen LogP contribution in [0.25, 0.3) is 0 Å². The van der Waals surface area contributed by atoms with Gasteiger partial charge in [0.1, 0.15) is 0 Å². The minimum absolute atomic E-state index is 0.558. The number of nitrogens with zero attached hydrogens (tertiary/aromatic N) is 2. The monoisotopic (exact) mass is 207 g/mol. The molecule has 0 radical (unpaired) electrons. The Hall–Kier alpha value is -0.830. The Balaban J connectivity index is 2.09. The van der Waals surface area contributed by atoms with Crippen molar-refractivity contribution in [3.05, 3.63) is 18.5 Å². The molecule has 1 fully saturated rings. The number of hydrogen-bond donors (Lipinski definition) is 1. The second-order valence-electron chi connectivity index (χ2n) is 4.36. The molecule has 1 aromatic rings. The molecule has 3 heteroatoms. The normalized spacial score (nSPS) is 27.5. The molecule has 2 unspecified atom stereocenters. The summed E-state index contributed by atoms with van der Waals surface area (Å²) in [6.07, 6.45) is 10.6. The maximum Gasteiger partial charge on any atom is 0.0672 e. The number of aromatic nitrogens is 2. The van der Waals surface area contributed by atoms with E-state index in [4.69, 9.17) is 0 Å². The summed E-state index contributed by atoms with van der Waals surface area (Å²) in [4.78, 5) is 0. The molecule has 0 aromatic carbocycles. The minimum Gasteiger partial charge on any atom is -0.312 e. The van der Waals surface area contributed by atoms with Gasteiger partial charge in [0.05, 0.1) is 6.04 Å². The lowest BCUT2D eigenvalue weighted by atomic mass is 10.0. The molecule has 84 valence electrons.